The fraction of sp³-hybridized carbons (Fsp3) is 0.722. The van der Waals surface area contributed by atoms with Gasteiger partial charge in [0.05, 0.1) is 13.2 Å². The number of fused-ring (bicyclic) bond motifs is 1. The molecule has 2 aliphatic heterocycles. The topological polar surface area (TPSA) is 43.5 Å². The molecule has 2 atom stereocenters. The lowest BCUT2D eigenvalue weighted by atomic mass is 9.47. The zero-order valence-electron chi connectivity index (χ0n) is 23.9. The van der Waals surface area contributed by atoms with Crippen LogP contribution in [0.3, 0.4) is 0 Å². The molecule has 0 radical (unpaired) electrons. The minimum atomic E-state index is 0.195. The van der Waals surface area contributed by atoms with Crippen LogP contribution in [0.25, 0.3) is 10.8 Å². The van der Waals surface area contributed by atoms with Crippen molar-refractivity contribution in [1.29, 1.82) is 0 Å². The van der Waals surface area contributed by atoms with Gasteiger partial charge < -0.3 is 18.9 Å². The lowest BCUT2D eigenvalue weighted by Crippen LogP contribution is -2.49. The fourth-order valence-corrected chi connectivity index (χ4v) is 12.0. The summed E-state index contributed by atoms with van der Waals surface area (Å²) >= 11 is 0. The minimum Gasteiger partial charge on any atom is -0.490 e. The van der Waals surface area contributed by atoms with Crippen LogP contribution in [-0.4, -0.2) is 38.6 Å². The lowest BCUT2D eigenvalue weighted by Gasteiger charge is -2.57. The zero-order valence-corrected chi connectivity index (χ0v) is 23.9. The molecule has 2 saturated heterocycles. The van der Waals surface area contributed by atoms with E-state index in [2.05, 4.69) is 24.3 Å². The van der Waals surface area contributed by atoms with Crippen LogP contribution in [0.1, 0.15) is 88.2 Å². The third-order valence-electron chi connectivity index (χ3n) is 12.9. The predicted molar refractivity (Wildman–Crippen MR) is 154 cm³/mol. The summed E-state index contributed by atoms with van der Waals surface area (Å²) in [6.45, 7) is 2.97. The number of hydrogen-bond donors (Lipinski definition) is 0. The maximum atomic E-state index is 6.88. The van der Waals surface area contributed by atoms with Gasteiger partial charge in [0.2, 0.25) is 0 Å². The molecule has 10 fully saturated rings. The van der Waals surface area contributed by atoms with E-state index in [0.717, 1.165) is 60.2 Å². The Morgan fingerprint density at radius 3 is 1.65 bits per heavy atom. The number of rotatable bonds is 8. The highest BCUT2D eigenvalue weighted by Crippen LogP contribution is 2.65. The van der Waals surface area contributed by atoms with Gasteiger partial charge in [-0.25, -0.2) is 0 Å². The van der Waals surface area contributed by atoms with Gasteiger partial charge in [-0.2, -0.15) is 0 Å². The monoisotopic (exact) mass is 540 g/mol. The molecule has 12 rings (SSSR count). The summed E-state index contributed by atoms with van der Waals surface area (Å²) in [6.07, 6.45) is 17.4. The predicted octanol–water partition coefficient (Wildman–Crippen LogP) is 7.33. The molecule has 0 aromatic heterocycles. The Kier molecular flexibility index (Phi) is 4.99. The van der Waals surface area contributed by atoms with Gasteiger partial charge in [0.25, 0.3) is 0 Å². The first-order chi connectivity index (χ1) is 19.6. The quantitative estimate of drug-likeness (QED) is 0.329. The first kappa shape index (κ1) is 23.7. The summed E-state index contributed by atoms with van der Waals surface area (Å²) in [5.74, 6) is 7.71. The van der Waals surface area contributed by atoms with E-state index < -0.39 is 0 Å². The van der Waals surface area contributed by atoms with Gasteiger partial charge in [-0.3, -0.25) is 0 Å². The normalized spacial score (nSPS) is 45.3. The fourth-order valence-electron chi connectivity index (χ4n) is 12.0. The van der Waals surface area contributed by atoms with E-state index in [-0.39, 0.29) is 17.6 Å². The number of hydrogen-bond acceptors (Lipinski definition) is 4. The molecule has 2 unspecified atom stereocenters. The summed E-state index contributed by atoms with van der Waals surface area (Å²) in [5.41, 5.74) is 3.59. The van der Waals surface area contributed by atoms with E-state index in [1.807, 2.05) is 0 Å². The average molecular weight is 541 g/mol. The molecule has 2 aromatic carbocycles. The van der Waals surface area contributed by atoms with Gasteiger partial charge in [0, 0.05) is 16.4 Å². The molecule has 0 spiro atoms. The van der Waals surface area contributed by atoms with Crippen molar-refractivity contribution in [3.8, 4) is 11.5 Å². The van der Waals surface area contributed by atoms with Gasteiger partial charge >= 0.3 is 0 Å². The Bertz CT molecular complexity index is 1280. The van der Waals surface area contributed by atoms with E-state index in [0.29, 0.717) is 18.6 Å². The SMILES string of the molecule is c1cc2c(OCC3CO3)c(C34CC5CC(CC(C5)C3)C4)c(OCC3CO3)cc2cc1C12CC3CC(CC(C3)C1)C2. The largest absolute Gasteiger partial charge is 0.490 e. The zero-order chi connectivity index (χ0) is 26.1. The van der Waals surface area contributed by atoms with Crippen molar-refractivity contribution in [3.63, 3.8) is 0 Å². The van der Waals surface area contributed by atoms with E-state index in [1.165, 1.54) is 93.4 Å². The Morgan fingerprint density at radius 1 is 0.625 bits per heavy atom. The van der Waals surface area contributed by atoms with Crippen molar-refractivity contribution in [2.24, 2.45) is 35.5 Å². The maximum absolute atomic E-state index is 6.88. The second kappa shape index (κ2) is 8.40. The van der Waals surface area contributed by atoms with Gasteiger partial charge in [0.15, 0.2) is 0 Å². The van der Waals surface area contributed by atoms with Crippen LogP contribution in [0.4, 0.5) is 0 Å². The Labute approximate surface area is 238 Å². The summed E-state index contributed by atoms with van der Waals surface area (Å²) in [6, 6.07) is 9.95. The molecule has 4 nitrogen and oxygen atoms in total. The molecule has 8 bridgehead atoms. The number of ether oxygens (including phenoxy) is 4. The van der Waals surface area contributed by atoms with Crippen molar-refractivity contribution in [3.05, 3.63) is 35.4 Å². The van der Waals surface area contributed by atoms with Gasteiger partial charge in [0.1, 0.15) is 36.9 Å². The van der Waals surface area contributed by atoms with Gasteiger partial charge in [-0.15, -0.1) is 0 Å². The molecular formula is C36H44O4. The third-order valence-corrected chi connectivity index (χ3v) is 12.9. The molecule has 2 aromatic rings. The summed E-state index contributed by atoms with van der Waals surface area (Å²) in [4.78, 5) is 0. The third kappa shape index (κ3) is 3.77. The van der Waals surface area contributed by atoms with Crippen LogP contribution in [0.2, 0.25) is 0 Å². The first-order valence-corrected chi connectivity index (χ1v) is 16.7. The van der Waals surface area contributed by atoms with Crippen LogP contribution in [0.15, 0.2) is 24.3 Å². The number of benzene rings is 2. The Balaban J connectivity index is 1.13. The minimum absolute atomic E-state index is 0.195. The molecule has 10 aliphatic rings. The molecule has 8 aliphatic carbocycles. The smallest absolute Gasteiger partial charge is 0.134 e. The highest BCUT2D eigenvalue weighted by Gasteiger charge is 2.55. The van der Waals surface area contributed by atoms with Gasteiger partial charge in [-0.1, -0.05) is 18.2 Å². The number of epoxide rings is 2. The molecular weight excluding hydrogens is 496 g/mol. The van der Waals surface area contributed by atoms with E-state index >= 15 is 0 Å². The molecule has 40 heavy (non-hydrogen) atoms. The van der Waals surface area contributed by atoms with Crippen LogP contribution in [0, 0.1) is 35.5 Å². The van der Waals surface area contributed by atoms with Crippen LogP contribution in [-0.2, 0) is 20.3 Å². The standard InChI is InChI=1S/C36H44O4/c1-2-31-27(9-28(1)35-11-21-3-22(12-35)5-23(4-21)13-35)10-32(39-19-29-17-37-29)33(34(31)40-20-30-18-38-30)36-14-24-6-25(15-36)8-26(7-24)16-36/h1-2,9-10,21-26,29-30H,3-8,11-20H2. The summed E-state index contributed by atoms with van der Waals surface area (Å²) in [7, 11) is 0. The average Bonchev–Trinajstić information content (AvgIpc) is 3.84. The lowest BCUT2D eigenvalue weighted by molar-refractivity contribution is -0.00768. The van der Waals surface area contributed by atoms with Crippen molar-refractivity contribution in [1.82, 2.24) is 0 Å². The van der Waals surface area contributed by atoms with Crippen molar-refractivity contribution in [2.75, 3.05) is 26.4 Å². The molecule has 2 heterocycles. The first-order valence-electron chi connectivity index (χ1n) is 16.7. The van der Waals surface area contributed by atoms with Crippen LogP contribution < -0.4 is 9.47 Å². The molecule has 0 amide bonds. The maximum Gasteiger partial charge on any atom is 0.134 e. The van der Waals surface area contributed by atoms with Crippen molar-refractivity contribution < 1.29 is 18.9 Å². The van der Waals surface area contributed by atoms with E-state index in [1.54, 1.807) is 5.56 Å². The summed E-state index contributed by atoms with van der Waals surface area (Å²) in [5, 5.41) is 2.62. The highest BCUT2D eigenvalue weighted by molar-refractivity contribution is 5.93. The van der Waals surface area contributed by atoms with Crippen LogP contribution in [0.5, 0.6) is 11.5 Å². The second-order valence-corrected chi connectivity index (χ2v) is 15.9. The highest BCUT2D eigenvalue weighted by atomic mass is 16.6. The molecule has 4 heteroatoms. The molecule has 0 N–H and O–H groups in total. The molecule has 212 valence electrons. The van der Waals surface area contributed by atoms with E-state index in [9.17, 15) is 0 Å². The van der Waals surface area contributed by atoms with Crippen molar-refractivity contribution in [2.45, 2.75) is 100 Å². The van der Waals surface area contributed by atoms with Gasteiger partial charge in [-0.05, 0) is 135 Å². The van der Waals surface area contributed by atoms with Crippen LogP contribution >= 0.6 is 0 Å². The molecule has 8 saturated carbocycles. The Hall–Kier alpha value is -1.78. The Morgan fingerprint density at radius 2 is 1.12 bits per heavy atom. The second-order valence-electron chi connectivity index (χ2n) is 15.9. The summed E-state index contributed by atoms with van der Waals surface area (Å²) < 4.78 is 24.9. The van der Waals surface area contributed by atoms with Crippen molar-refractivity contribution >= 4 is 10.8 Å². The van der Waals surface area contributed by atoms with E-state index in [4.69, 9.17) is 18.9 Å².